The Hall–Kier alpha value is -3.03. The van der Waals surface area contributed by atoms with Crippen LogP contribution in [0.1, 0.15) is 24.5 Å². The van der Waals surface area contributed by atoms with Crippen molar-refractivity contribution in [2.45, 2.75) is 18.4 Å². The van der Waals surface area contributed by atoms with Gasteiger partial charge in [-0.1, -0.05) is 49.0 Å². The lowest BCUT2D eigenvalue weighted by Gasteiger charge is -2.15. The first kappa shape index (κ1) is 18.3. The number of amides is 1. The van der Waals surface area contributed by atoms with Crippen molar-refractivity contribution in [3.8, 4) is 23.3 Å². The monoisotopic (exact) mass is 351 g/mol. The molecule has 0 saturated carbocycles. The molecule has 1 heterocycles. The maximum Gasteiger partial charge on any atom is 0.227 e. The fourth-order valence-electron chi connectivity index (χ4n) is 2.29. The summed E-state index contributed by atoms with van der Waals surface area (Å²) in [7, 11) is 0. The minimum Gasteiger partial charge on any atom is -0.369 e. The van der Waals surface area contributed by atoms with Gasteiger partial charge in [-0.2, -0.15) is 10.5 Å². The van der Waals surface area contributed by atoms with Gasteiger partial charge in [-0.25, -0.2) is 4.98 Å². The molecule has 25 heavy (non-hydrogen) atoms. The zero-order chi connectivity index (χ0) is 18.2. The highest BCUT2D eigenvalue weighted by molar-refractivity contribution is 8.00. The highest BCUT2D eigenvalue weighted by Crippen LogP contribution is 2.36. The van der Waals surface area contributed by atoms with E-state index in [4.69, 9.17) is 5.73 Å². The van der Waals surface area contributed by atoms with Gasteiger partial charge in [0.05, 0.1) is 11.3 Å². The van der Waals surface area contributed by atoms with Gasteiger partial charge in [0.1, 0.15) is 28.5 Å². The second kappa shape index (κ2) is 8.72. The molecule has 2 aromatic rings. The summed E-state index contributed by atoms with van der Waals surface area (Å²) in [6.07, 6.45) is 0.858. The topological polar surface area (TPSA) is 116 Å². The SMILES string of the molecule is CCCNc1nc(SCC(N)=O)c(C#N)c(-c2ccccc2)c1C#N. The van der Waals surface area contributed by atoms with Gasteiger partial charge in [0.25, 0.3) is 0 Å². The summed E-state index contributed by atoms with van der Waals surface area (Å²) in [5.41, 5.74) is 7.08. The van der Waals surface area contributed by atoms with Crippen LogP contribution in [0, 0.1) is 22.7 Å². The van der Waals surface area contributed by atoms with E-state index in [0.717, 1.165) is 23.7 Å². The largest absolute Gasteiger partial charge is 0.369 e. The summed E-state index contributed by atoms with van der Waals surface area (Å²) in [6.45, 7) is 2.64. The predicted octanol–water partition coefficient (Wildman–Crippen LogP) is 2.89. The van der Waals surface area contributed by atoms with Gasteiger partial charge in [0.2, 0.25) is 5.91 Å². The van der Waals surface area contributed by atoms with E-state index in [1.54, 1.807) is 0 Å². The number of nitrogens with zero attached hydrogens (tertiary/aromatic N) is 3. The molecule has 7 heteroatoms. The smallest absolute Gasteiger partial charge is 0.227 e. The van der Waals surface area contributed by atoms with E-state index in [2.05, 4.69) is 22.4 Å². The first-order valence-corrected chi connectivity index (χ1v) is 8.69. The summed E-state index contributed by atoms with van der Waals surface area (Å²) in [4.78, 5) is 15.5. The number of aromatic nitrogens is 1. The highest BCUT2D eigenvalue weighted by Gasteiger charge is 2.21. The number of anilines is 1. The highest BCUT2D eigenvalue weighted by atomic mass is 32.2. The number of carbonyl (C=O) groups excluding carboxylic acids is 1. The van der Waals surface area contributed by atoms with E-state index in [1.165, 1.54) is 0 Å². The zero-order valence-electron chi connectivity index (χ0n) is 13.7. The van der Waals surface area contributed by atoms with Crippen molar-refractivity contribution in [1.82, 2.24) is 4.98 Å². The third kappa shape index (κ3) is 4.28. The molecule has 126 valence electrons. The minimum atomic E-state index is -0.496. The predicted molar refractivity (Wildman–Crippen MR) is 97.8 cm³/mol. The number of nitrogens with one attached hydrogen (secondary N) is 1. The van der Waals surface area contributed by atoms with Gasteiger partial charge in [-0.05, 0) is 12.0 Å². The first-order chi connectivity index (χ1) is 12.1. The Labute approximate surface area is 150 Å². The van der Waals surface area contributed by atoms with Gasteiger partial charge >= 0.3 is 0 Å². The van der Waals surface area contributed by atoms with E-state index in [0.29, 0.717) is 28.5 Å². The average molecular weight is 351 g/mol. The van der Waals surface area contributed by atoms with E-state index >= 15 is 0 Å². The minimum absolute atomic E-state index is 0.00896. The number of thioether (sulfide) groups is 1. The van der Waals surface area contributed by atoms with Crippen molar-refractivity contribution in [3.05, 3.63) is 41.5 Å². The molecule has 0 aliphatic carbocycles. The van der Waals surface area contributed by atoms with Crippen LogP contribution in [0.15, 0.2) is 35.4 Å². The van der Waals surface area contributed by atoms with Gasteiger partial charge in [-0.3, -0.25) is 4.79 Å². The van der Waals surface area contributed by atoms with Crippen molar-refractivity contribution < 1.29 is 4.79 Å². The van der Waals surface area contributed by atoms with Crippen LogP contribution >= 0.6 is 11.8 Å². The fraction of sp³-hybridized carbons (Fsp3) is 0.222. The van der Waals surface area contributed by atoms with Crippen LogP contribution in [0.5, 0.6) is 0 Å². The lowest BCUT2D eigenvalue weighted by molar-refractivity contribution is -0.115. The maximum absolute atomic E-state index is 11.1. The summed E-state index contributed by atoms with van der Waals surface area (Å²) < 4.78 is 0. The fourth-order valence-corrected chi connectivity index (χ4v) is 3.01. The number of benzene rings is 1. The molecule has 0 unspecified atom stereocenters. The number of hydrogen-bond acceptors (Lipinski definition) is 6. The third-order valence-electron chi connectivity index (χ3n) is 3.34. The van der Waals surface area contributed by atoms with Gasteiger partial charge in [0.15, 0.2) is 0 Å². The van der Waals surface area contributed by atoms with E-state index in [-0.39, 0.29) is 11.3 Å². The summed E-state index contributed by atoms with van der Waals surface area (Å²) in [5.74, 6) is -0.0757. The molecule has 0 saturated heterocycles. The molecule has 1 aromatic carbocycles. The number of primary amides is 1. The Balaban J connectivity index is 2.72. The Morgan fingerprint density at radius 1 is 1.24 bits per heavy atom. The number of nitrogens with two attached hydrogens (primary N) is 1. The van der Waals surface area contributed by atoms with Gasteiger partial charge in [0, 0.05) is 12.1 Å². The Kier molecular flexibility index (Phi) is 6.39. The van der Waals surface area contributed by atoms with Crippen molar-refractivity contribution in [3.63, 3.8) is 0 Å². The molecule has 0 bridgehead atoms. The molecule has 0 aliphatic rings. The van der Waals surface area contributed by atoms with Crippen LogP contribution in [0.4, 0.5) is 5.82 Å². The second-order valence-electron chi connectivity index (χ2n) is 5.16. The molecular weight excluding hydrogens is 334 g/mol. The van der Waals surface area contributed by atoms with Crippen LogP contribution < -0.4 is 11.1 Å². The normalized spacial score (nSPS) is 9.88. The lowest BCUT2D eigenvalue weighted by atomic mass is 9.97. The van der Waals surface area contributed by atoms with E-state index in [9.17, 15) is 15.3 Å². The molecule has 0 radical (unpaired) electrons. The van der Waals surface area contributed by atoms with Crippen molar-refractivity contribution in [2.24, 2.45) is 5.73 Å². The van der Waals surface area contributed by atoms with Crippen LogP contribution in [0.3, 0.4) is 0 Å². The zero-order valence-corrected chi connectivity index (χ0v) is 14.6. The van der Waals surface area contributed by atoms with Crippen LogP contribution in [-0.4, -0.2) is 23.2 Å². The number of hydrogen-bond donors (Lipinski definition) is 2. The standard InChI is InChI=1S/C18H17N5OS/c1-2-8-22-17-13(9-19)16(12-6-4-3-5-7-12)14(10-20)18(23-17)25-11-15(21)24/h3-7H,2,8,11H2,1H3,(H2,21,24)(H,22,23). The van der Waals surface area contributed by atoms with Crippen molar-refractivity contribution in [1.29, 1.82) is 10.5 Å². The molecule has 6 nitrogen and oxygen atoms in total. The molecule has 1 amide bonds. The van der Waals surface area contributed by atoms with Crippen molar-refractivity contribution in [2.75, 3.05) is 17.6 Å². The maximum atomic E-state index is 11.1. The van der Waals surface area contributed by atoms with Gasteiger partial charge < -0.3 is 11.1 Å². The summed E-state index contributed by atoms with van der Waals surface area (Å²) >= 11 is 1.10. The quantitative estimate of drug-likeness (QED) is 0.741. The molecule has 0 atom stereocenters. The van der Waals surface area contributed by atoms with E-state index < -0.39 is 5.91 Å². The summed E-state index contributed by atoms with van der Waals surface area (Å²) in [5, 5.41) is 22.8. The number of rotatable bonds is 7. The molecule has 0 spiro atoms. The molecular formula is C18H17N5OS. The number of pyridine rings is 1. The number of nitriles is 2. The van der Waals surface area contributed by atoms with Crippen LogP contribution in [0.2, 0.25) is 0 Å². The Morgan fingerprint density at radius 3 is 2.48 bits per heavy atom. The molecule has 0 fully saturated rings. The lowest BCUT2D eigenvalue weighted by Crippen LogP contribution is -2.14. The molecule has 1 aromatic heterocycles. The first-order valence-electron chi connectivity index (χ1n) is 7.70. The van der Waals surface area contributed by atoms with E-state index in [1.807, 2.05) is 37.3 Å². The molecule has 2 rings (SSSR count). The van der Waals surface area contributed by atoms with Gasteiger partial charge in [-0.15, -0.1) is 0 Å². The summed E-state index contributed by atoms with van der Waals surface area (Å²) in [6, 6.07) is 13.5. The molecule has 0 aliphatic heterocycles. The second-order valence-corrected chi connectivity index (χ2v) is 6.13. The Morgan fingerprint density at radius 2 is 1.92 bits per heavy atom. The average Bonchev–Trinajstić information content (AvgIpc) is 2.64. The van der Waals surface area contributed by atoms with Crippen LogP contribution in [0.25, 0.3) is 11.1 Å². The van der Waals surface area contributed by atoms with Crippen LogP contribution in [-0.2, 0) is 4.79 Å². The Bertz CT molecular complexity index is 852. The van der Waals surface area contributed by atoms with Crippen molar-refractivity contribution >= 4 is 23.5 Å². The third-order valence-corrected chi connectivity index (χ3v) is 4.34. The molecule has 3 N–H and O–H groups in total. The number of carbonyl (C=O) groups is 1.